The van der Waals surface area contributed by atoms with Gasteiger partial charge in [0.05, 0.1) is 11.4 Å². The third-order valence-corrected chi connectivity index (χ3v) is 7.22. The van der Waals surface area contributed by atoms with E-state index >= 15 is 0 Å². The quantitative estimate of drug-likeness (QED) is 0.313. The van der Waals surface area contributed by atoms with Crippen molar-refractivity contribution in [2.45, 2.75) is 12.8 Å². The van der Waals surface area contributed by atoms with E-state index in [4.69, 9.17) is 34.8 Å². The molecule has 0 radical (unpaired) electrons. The average Bonchev–Trinajstić information content (AvgIpc) is 3.16. The van der Waals surface area contributed by atoms with Crippen LogP contribution in [0, 0.1) is 0 Å². The van der Waals surface area contributed by atoms with Gasteiger partial charge in [-0.05, 0) is 66.9 Å². The fourth-order valence-corrected chi connectivity index (χ4v) is 5.12. The normalized spacial score (nSPS) is 13.6. The van der Waals surface area contributed by atoms with Crippen LogP contribution in [0.2, 0.25) is 15.1 Å². The summed E-state index contributed by atoms with van der Waals surface area (Å²) in [5, 5.41) is 10.9. The van der Waals surface area contributed by atoms with Crippen molar-refractivity contribution < 1.29 is 9.59 Å². The van der Waals surface area contributed by atoms with Gasteiger partial charge >= 0.3 is 6.03 Å². The molecule has 1 aliphatic heterocycles. The maximum atomic E-state index is 13.0. The molecule has 0 atom stereocenters. The highest BCUT2D eigenvalue weighted by Crippen LogP contribution is 2.32. The second-order valence-corrected chi connectivity index (χ2v) is 10.3. The zero-order chi connectivity index (χ0) is 27.1. The third kappa shape index (κ3) is 7.25. The summed E-state index contributed by atoms with van der Waals surface area (Å²) in [7, 11) is 1.64. The molecule has 38 heavy (non-hydrogen) atoms. The van der Waals surface area contributed by atoms with Gasteiger partial charge in [-0.3, -0.25) is 4.79 Å². The first-order chi connectivity index (χ1) is 18.3. The van der Waals surface area contributed by atoms with Crippen molar-refractivity contribution in [2.24, 2.45) is 0 Å². The van der Waals surface area contributed by atoms with Gasteiger partial charge in [-0.2, -0.15) is 0 Å². The van der Waals surface area contributed by atoms with E-state index in [-0.39, 0.29) is 11.9 Å². The molecule has 0 spiro atoms. The molecule has 1 aliphatic rings. The topological polar surface area (TPSA) is 76.7 Å². The first kappa shape index (κ1) is 27.9. The summed E-state index contributed by atoms with van der Waals surface area (Å²) < 4.78 is 0. The molecule has 0 bridgehead atoms. The summed E-state index contributed by atoms with van der Waals surface area (Å²) in [5.41, 5.74) is 4.00. The van der Waals surface area contributed by atoms with E-state index in [0.29, 0.717) is 53.2 Å². The highest BCUT2D eigenvalue weighted by molar-refractivity contribution is 6.35. The number of carbonyl (C=O) groups excluding carboxylic acids is 2. The van der Waals surface area contributed by atoms with Crippen molar-refractivity contribution in [3.05, 3.63) is 86.9 Å². The highest BCUT2D eigenvalue weighted by Gasteiger charge is 2.21. The SMILES string of the molecule is CNC(=O)N1CCCN(c2ccc(C(=O)NCCc3ccc(Cl)cc3Cl)cc2Nc2cccc(Cl)c2)CC1. The van der Waals surface area contributed by atoms with Crippen molar-refractivity contribution in [1.29, 1.82) is 0 Å². The highest BCUT2D eigenvalue weighted by atomic mass is 35.5. The number of amides is 3. The van der Waals surface area contributed by atoms with Gasteiger partial charge in [-0.1, -0.05) is 46.9 Å². The van der Waals surface area contributed by atoms with Gasteiger partial charge in [0.25, 0.3) is 5.91 Å². The molecular formula is C28H30Cl3N5O2. The molecule has 3 aromatic rings. The maximum absolute atomic E-state index is 13.0. The van der Waals surface area contributed by atoms with Gasteiger partial charge in [0.2, 0.25) is 0 Å². The number of urea groups is 1. The van der Waals surface area contributed by atoms with E-state index in [2.05, 4.69) is 20.9 Å². The van der Waals surface area contributed by atoms with E-state index in [9.17, 15) is 9.59 Å². The van der Waals surface area contributed by atoms with E-state index in [1.54, 1.807) is 19.2 Å². The summed E-state index contributed by atoms with van der Waals surface area (Å²) >= 11 is 18.5. The molecule has 0 aromatic heterocycles. The molecule has 7 nitrogen and oxygen atoms in total. The van der Waals surface area contributed by atoms with Crippen molar-refractivity contribution in [3.63, 3.8) is 0 Å². The fourth-order valence-electron chi connectivity index (χ4n) is 4.43. The van der Waals surface area contributed by atoms with Crippen molar-refractivity contribution in [2.75, 3.05) is 50.0 Å². The molecule has 0 saturated carbocycles. The lowest BCUT2D eigenvalue weighted by Crippen LogP contribution is -2.40. The zero-order valence-corrected chi connectivity index (χ0v) is 23.3. The van der Waals surface area contributed by atoms with Crippen molar-refractivity contribution in [3.8, 4) is 0 Å². The molecule has 3 amide bonds. The van der Waals surface area contributed by atoms with Gasteiger partial charge in [0.1, 0.15) is 0 Å². The summed E-state index contributed by atoms with van der Waals surface area (Å²) in [5.74, 6) is -0.183. The zero-order valence-electron chi connectivity index (χ0n) is 21.1. The number of rotatable bonds is 7. The number of nitrogens with one attached hydrogen (secondary N) is 3. The molecular weight excluding hydrogens is 545 g/mol. The van der Waals surface area contributed by atoms with Crippen LogP contribution in [0.5, 0.6) is 0 Å². The molecule has 1 fully saturated rings. The predicted molar refractivity (Wildman–Crippen MR) is 157 cm³/mol. The monoisotopic (exact) mass is 573 g/mol. The van der Waals surface area contributed by atoms with Crippen LogP contribution >= 0.6 is 34.8 Å². The first-order valence-electron chi connectivity index (χ1n) is 12.4. The van der Waals surface area contributed by atoms with Gasteiger partial charge in [-0.15, -0.1) is 0 Å². The smallest absolute Gasteiger partial charge is 0.317 e. The summed E-state index contributed by atoms with van der Waals surface area (Å²) in [6, 6.07) is 18.3. The van der Waals surface area contributed by atoms with Crippen LogP contribution in [0.1, 0.15) is 22.3 Å². The standard InChI is InChI=1S/C28H30Cl3N5O2/c1-32-28(38)36-13-3-12-35(14-15-36)26-9-7-20(16-25(26)34-23-5-2-4-21(29)17-23)27(37)33-11-10-19-6-8-22(30)18-24(19)31/h2,4-9,16-18,34H,3,10-15H2,1H3,(H,32,38)(H,33,37). The Morgan fingerprint density at radius 2 is 1.71 bits per heavy atom. The van der Waals surface area contributed by atoms with Crippen LogP contribution in [-0.2, 0) is 6.42 Å². The lowest BCUT2D eigenvalue weighted by molar-refractivity contribution is 0.0954. The minimum absolute atomic E-state index is 0.0731. The third-order valence-electron chi connectivity index (χ3n) is 6.40. The number of nitrogens with zero attached hydrogens (tertiary/aromatic N) is 2. The number of hydrogen-bond acceptors (Lipinski definition) is 4. The number of benzene rings is 3. The second-order valence-electron chi connectivity index (χ2n) is 8.99. The molecule has 3 N–H and O–H groups in total. The predicted octanol–water partition coefficient (Wildman–Crippen LogP) is 6.21. The van der Waals surface area contributed by atoms with Crippen LogP contribution in [0.25, 0.3) is 0 Å². The number of halogens is 3. The number of anilines is 3. The van der Waals surface area contributed by atoms with Crippen molar-refractivity contribution >= 4 is 63.8 Å². The molecule has 3 aromatic carbocycles. The second kappa shape index (κ2) is 13.1. The minimum atomic E-state index is -0.183. The Hall–Kier alpha value is -3.13. The molecule has 0 aliphatic carbocycles. The molecule has 1 saturated heterocycles. The van der Waals surface area contributed by atoms with E-state index < -0.39 is 0 Å². The number of carbonyl (C=O) groups is 2. The lowest BCUT2D eigenvalue weighted by Gasteiger charge is -2.27. The lowest BCUT2D eigenvalue weighted by atomic mass is 10.1. The Kier molecular flexibility index (Phi) is 9.61. The first-order valence-corrected chi connectivity index (χ1v) is 13.6. The Morgan fingerprint density at radius 1 is 0.895 bits per heavy atom. The van der Waals surface area contributed by atoms with Crippen LogP contribution in [-0.4, -0.2) is 56.6 Å². The molecule has 10 heteroatoms. The minimum Gasteiger partial charge on any atom is -0.368 e. The molecule has 1 heterocycles. The average molecular weight is 575 g/mol. The maximum Gasteiger partial charge on any atom is 0.317 e. The fraction of sp³-hybridized carbons (Fsp3) is 0.286. The van der Waals surface area contributed by atoms with Crippen molar-refractivity contribution in [1.82, 2.24) is 15.5 Å². The van der Waals surface area contributed by atoms with Gasteiger partial charge in [0.15, 0.2) is 0 Å². The summed E-state index contributed by atoms with van der Waals surface area (Å²) in [4.78, 5) is 29.2. The van der Waals surface area contributed by atoms with Crippen LogP contribution in [0.15, 0.2) is 60.7 Å². The van der Waals surface area contributed by atoms with Gasteiger partial charge in [-0.25, -0.2) is 4.79 Å². The Bertz CT molecular complexity index is 1300. The van der Waals surface area contributed by atoms with E-state index in [0.717, 1.165) is 35.6 Å². The van der Waals surface area contributed by atoms with Crippen LogP contribution in [0.4, 0.5) is 21.9 Å². The molecule has 4 rings (SSSR count). The van der Waals surface area contributed by atoms with Gasteiger partial charge in [0, 0.05) is 66.1 Å². The molecule has 200 valence electrons. The van der Waals surface area contributed by atoms with Crippen LogP contribution < -0.4 is 20.9 Å². The molecule has 0 unspecified atom stereocenters. The van der Waals surface area contributed by atoms with Gasteiger partial charge < -0.3 is 25.8 Å². The largest absolute Gasteiger partial charge is 0.368 e. The Labute approximate surface area is 238 Å². The Balaban J connectivity index is 1.52. The van der Waals surface area contributed by atoms with E-state index in [1.807, 2.05) is 53.4 Å². The summed E-state index contributed by atoms with van der Waals surface area (Å²) in [6.45, 7) is 3.17. The summed E-state index contributed by atoms with van der Waals surface area (Å²) in [6.07, 6.45) is 1.42. The number of hydrogen-bond donors (Lipinski definition) is 3. The Morgan fingerprint density at radius 3 is 2.47 bits per heavy atom. The van der Waals surface area contributed by atoms with Crippen LogP contribution in [0.3, 0.4) is 0 Å². The van der Waals surface area contributed by atoms with E-state index in [1.165, 1.54) is 0 Å².